The lowest BCUT2D eigenvalue weighted by Gasteiger charge is -2.15. The van der Waals surface area contributed by atoms with Crippen molar-refractivity contribution in [3.63, 3.8) is 0 Å². The Hall–Kier alpha value is -1.08. The molecule has 0 aliphatic carbocycles. The minimum atomic E-state index is 0.563. The van der Waals surface area contributed by atoms with Crippen LogP contribution in [-0.4, -0.2) is 6.54 Å². The third-order valence-electron chi connectivity index (χ3n) is 3.10. The van der Waals surface area contributed by atoms with Crippen LogP contribution in [0.15, 0.2) is 24.3 Å². The molecule has 1 aromatic carbocycles. The molecule has 17 heavy (non-hydrogen) atoms. The number of hydrogen-bond acceptors (Lipinski definition) is 1. The first-order valence-electron chi connectivity index (χ1n) is 6.54. The fourth-order valence-electron chi connectivity index (χ4n) is 2.08. The second-order valence-corrected chi connectivity index (χ2v) is 5.06. The van der Waals surface area contributed by atoms with E-state index in [9.17, 15) is 0 Å². The van der Waals surface area contributed by atoms with Crippen molar-refractivity contribution in [2.75, 3.05) is 6.54 Å². The molecule has 0 fully saturated rings. The summed E-state index contributed by atoms with van der Waals surface area (Å²) in [5.74, 6) is 0.563. The van der Waals surface area contributed by atoms with Crippen molar-refractivity contribution in [2.45, 2.75) is 40.5 Å². The maximum Gasteiger partial charge on any atom is -0.00743 e. The zero-order valence-corrected chi connectivity index (χ0v) is 11.6. The van der Waals surface area contributed by atoms with Crippen molar-refractivity contribution in [2.24, 2.45) is 11.7 Å². The van der Waals surface area contributed by atoms with Gasteiger partial charge in [0.1, 0.15) is 0 Å². The van der Waals surface area contributed by atoms with E-state index in [1.807, 2.05) is 0 Å². The molecule has 0 aromatic heterocycles. The second kappa shape index (κ2) is 6.61. The lowest BCUT2D eigenvalue weighted by Crippen LogP contribution is -2.00. The van der Waals surface area contributed by atoms with Crippen LogP contribution < -0.4 is 5.73 Å². The van der Waals surface area contributed by atoms with E-state index in [-0.39, 0.29) is 0 Å². The number of rotatable bonds is 5. The molecule has 2 N–H and O–H groups in total. The van der Waals surface area contributed by atoms with Gasteiger partial charge in [0.05, 0.1) is 0 Å². The average molecular weight is 231 g/mol. The average Bonchev–Trinajstić information content (AvgIpc) is 2.28. The lowest BCUT2D eigenvalue weighted by molar-refractivity contribution is 0.823. The summed E-state index contributed by atoms with van der Waals surface area (Å²) < 4.78 is 0. The molecular weight excluding hydrogens is 206 g/mol. The number of benzene rings is 1. The van der Waals surface area contributed by atoms with Crippen molar-refractivity contribution in [1.29, 1.82) is 0 Å². The fourth-order valence-corrected chi connectivity index (χ4v) is 2.08. The first-order chi connectivity index (χ1) is 8.06. The highest BCUT2D eigenvalue weighted by Crippen LogP contribution is 2.27. The molecule has 0 aliphatic rings. The van der Waals surface area contributed by atoms with E-state index in [4.69, 9.17) is 5.73 Å². The molecule has 0 saturated carbocycles. The maximum absolute atomic E-state index is 5.55. The van der Waals surface area contributed by atoms with Gasteiger partial charge in [0.25, 0.3) is 0 Å². The van der Waals surface area contributed by atoms with Crippen LogP contribution in [0.25, 0.3) is 5.57 Å². The molecule has 0 radical (unpaired) electrons. The molecule has 0 heterocycles. The topological polar surface area (TPSA) is 26.0 Å². The number of hydrogen-bond donors (Lipinski definition) is 1. The largest absolute Gasteiger partial charge is 0.330 e. The van der Waals surface area contributed by atoms with E-state index in [1.54, 1.807) is 0 Å². The van der Waals surface area contributed by atoms with E-state index >= 15 is 0 Å². The fraction of sp³-hybridized carbons (Fsp3) is 0.500. The molecule has 1 nitrogen and oxygen atoms in total. The Morgan fingerprint density at radius 2 is 2.00 bits per heavy atom. The summed E-state index contributed by atoms with van der Waals surface area (Å²) in [6.07, 6.45) is 4.51. The highest BCUT2D eigenvalue weighted by molar-refractivity contribution is 5.70. The zero-order chi connectivity index (χ0) is 12.8. The van der Waals surface area contributed by atoms with Gasteiger partial charge in [-0.25, -0.2) is 0 Å². The minimum absolute atomic E-state index is 0.563. The van der Waals surface area contributed by atoms with E-state index in [0.29, 0.717) is 5.92 Å². The SMILES string of the molecule is Cc1ccc(C)c(/C(=C/CCCN)C(C)C)c1. The monoisotopic (exact) mass is 231 g/mol. The molecule has 1 rings (SSSR count). The summed E-state index contributed by atoms with van der Waals surface area (Å²) in [5, 5.41) is 0. The molecule has 0 atom stereocenters. The van der Waals surface area contributed by atoms with Crippen LogP contribution in [0, 0.1) is 19.8 Å². The van der Waals surface area contributed by atoms with Gasteiger partial charge in [0.15, 0.2) is 0 Å². The Morgan fingerprint density at radius 1 is 1.29 bits per heavy atom. The Balaban J connectivity index is 3.05. The number of aryl methyl sites for hydroxylation is 2. The van der Waals surface area contributed by atoms with Crippen LogP contribution in [0.5, 0.6) is 0 Å². The van der Waals surface area contributed by atoms with Gasteiger partial charge < -0.3 is 5.73 Å². The molecule has 0 unspecified atom stereocenters. The number of unbranched alkanes of at least 4 members (excludes halogenated alkanes) is 1. The summed E-state index contributed by atoms with van der Waals surface area (Å²) in [6.45, 7) is 9.63. The summed E-state index contributed by atoms with van der Waals surface area (Å²) >= 11 is 0. The van der Waals surface area contributed by atoms with E-state index in [1.165, 1.54) is 22.3 Å². The molecule has 1 heteroatoms. The standard InChI is InChI=1S/C16H25N/c1-12(2)15(7-5-6-10-17)16-11-13(3)8-9-14(16)4/h7-9,11-12H,5-6,10,17H2,1-4H3/b15-7+. The van der Waals surface area contributed by atoms with Crippen molar-refractivity contribution >= 4 is 5.57 Å². The molecule has 0 amide bonds. The van der Waals surface area contributed by atoms with Gasteiger partial charge in [-0.1, -0.05) is 43.7 Å². The van der Waals surface area contributed by atoms with Crippen LogP contribution in [-0.2, 0) is 0 Å². The van der Waals surface area contributed by atoms with Crippen LogP contribution in [0.3, 0.4) is 0 Å². The van der Waals surface area contributed by atoms with E-state index in [2.05, 4.69) is 52.0 Å². The lowest BCUT2D eigenvalue weighted by atomic mass is 9.90. The smallest absolute Gasteiger partial charge is 0.00743 e. The van der Waals surface area contributed by atoms with Gasteiger partial charge in [-0.2, -0.15) is 0 Å². The summed E-state index contributed by atoms with van der Waals surface area (Å²) in [7, 11) is 0. The van der Waals surface area contributed by atoms with Crippen LogP contribution in [0.2, 0.25) is 0 Å². The molecular formula is C16H25N. The van der Waals surface area contributed by atoms with Gasteiger partial charge in [0, 0.05) is 0 Å². The van der Waals surface area contributed by atoms with Crippen molar-refractivity contribution in [3.8, 4) is 0 Å². The highest BCUT2D eigenvalue weighted by Gasteiger charge is 2.09. The molecule has 1 aromatic rings. The third-order valence-corrected chi connectivity index (χ3v) is 3.10. The van der Waals surface area contributed by atoms with Crippen molar-refractivity contribution in [1.82, 2.24) is 0 Å². The minimum Gasteiger partial charge on any atom is -0.330 e. The van der Waals surface area contributed by atoms with Gasteiger partial charge in [-0.3, -0.25) is 0 Å². The molecule has 0 aliphatic heterocycles. The third kappa shape index (κ3) is 4.01. The summed E-state index contributed by atoms with van der Waals surface area (Å²) in [5.41, 5.74) is 11.1. The molecule has 0 bridgehead atoms. The van der Waals surface area contributed by atoms with Crippen LogP contribution >= 0.6 is 0 Å². The Morgan fingerprint density at radius 3 is 2.59 bits per heavy atom. The van der Waals surface area contributed by atoms with Crippen molar-refractivity contribution in [3.05, 3.63) is 41.0 Å². The van der Waals surface area contributed by atoms with Crippen LogP contribution in [0.1, 0.15) is 43.4 Å². The molecule has 0 spiro atoms. The quantitative estimate of drug-likeness (QED) is 0.759. The van der Waals surface area contributed by atoms with Gasteiger partial charge in [-0.05, 0) is 55.9 Å². The van der Waals surface area contributed by atoms with E-state index < -0.39 is 0 Å². The zero-order valence-electron chi connectivity index (χ0n) is 11.6. The highest BCUT2D eigenvalue weighted by atomic mass is 14.5. The summed E-state index contributed by atoms with van der Waals surface area (Å²) in [4.78, 5) is 0. The number of allylic oxidation sites excluding steroid dienone is 2. The molecule has 0 saturated heterocycles. The van der Waals surface area contributed by atoms with Gasteiger partial charge in [0.2, 0.25) is 0 Å². The normalized spacial score (nSPS) is 12.2. The summed E-state index contributed by atoms with van der Waals surface area (Å²) in [6, 6.07) is 6.68. The Bertz CT molecular complexity index is 389. The molecule has 94 valence electrons. The maximum atomic E-state index is 5.55. The van der Waals surface area contributed by atoms with Crippen molar-refractivity contribution < 1.29 is 0 Å². The second-order valence-electron chi connectivity index (χ2n) is 5.06. The first-order valence-corrected chi connectivity index (χ1v) is 6.54. The van der Waals surface area contributed by atoms with Gasteiger partial charge in [-0.15, -0.1) is 0 Å². The predicted molar refractivity (Wildman–Crippen MR) is 77.0 cm³/mol. The Labute approximate surface area is 106 Å². The Kier molecular flexibility index (Phi) is 5.43. The first kappa shape index (κ1) is 14.0. The predicted octanol–water partition coefficient (Wildman–Crippen LogP) is 4.08. The number of nitrogens with two attached hydrogens (primary N) is 1. The van der Waals surface area contributed by atoms with Crippen LogP contribution in [0.4, 0.5) is 0 Å². The van der Waals surface area contributed by atoms with Gasteiger partial charge >= 0.3 is 0 Å². The van der Waals surface area contributed by atoms with E-state index in [0.717, 1.165) is 19.4 Å².